The van der Waals surface area contributed by atoms with Crippen LogP contribution < -0.4 is 15.4 Å². The van der Waals surface area contributed by atoms with E-state index in [1.807, 2.05) is 67.0 Å². The zero-order chi connectivity index (χ0) is 28.6. The molecule has 2 aliphatic rings. The zero-order valence-electron chi connectivity index (χ0n) is 22.5. The van der Waals surface area contributed by atoms with E-state index in [0.717, 1.165) is 16.5 Å². The molecule has 0 saturated heterocycles. The fraction of sp³-hybridized carbons (Fsp3) is 0.161. The largest absolute Gasteiger partial charge is 0.507 e. The van der Waals surface area contributed by atoms with E-state index in [4.69, 9.17) is 4.42 Å². The number of phenolic OH excluding ortho intramolecular Hbond substituents is 1. The average molecular weight is 537 g/mol. The second kappa shape index (κ2) is 11.0. The lowest BCUT2D eigenvalue weighted by Gasteiger charge is -2.21. The van der Waals surface area contributed by atoms with Crippen molar-refractivity contribution >= 4 is 29.5 Å². The van der Waals surface area contributed by atoms with Crippen LogP contribution in [0, 0.1) is 0 Å². The van der Waals surface area contributed by atoms with Crippen LogP contribution in [0.25, 0.3) is 33.4 Å². The lowest BCUT2D eigenvalue weighted by molar-refractivity contribution is 0.0697. The number of aromatic hydroxyl groups is 1. The molecular weight excluding hydrogens is 507 g/mol. The number of carboxylic acids is 1. The predicted octanol–water partition coefficient (Wildman–Crippen LogP) is 2.95. The van der Waals surface area contributed by atoms with Gasteiger partial charge in [0.1, 0.15) is 31.2 Å². The van der Waals surface area contributed by atoms with Crippen molar-refractivity contribution < 1.29 is 29.5 Å². The number of aromatic carboxylic acids is 1. The summed E-state index contributed by atoms with van der Waals surface area (Å²) < 4.78 is 8.23. The Morgan fingerprint density at radius 3 is 2.33 bits per heavy atom. The first-order valence-electron chi connectivity index (χ1n) is 12.8. The molecule has 3 aromatic carbocycles. The normalized spacial score (nSPS) is 11.3. The van der Waals surface area contributed by atoms with Gasteiger partial charge < -0.3 is 24.7 Å². The molecule has 40 heavy (non-hydrogen) atoms. The topological polar surface area (TPSA) is 117 Å². The zero-order valence-corrected chi connectivity index (χ0v) is 22.5. The Morgan fingerprint density at radius 2 is 1.60 bits per heavy atom. The number of carboxylic acid groups (broad SMARTS) is 1. The van der Waals surface area contributed by atoms with E-state index in [2.05, 4.69) is 0 Å². The van der Waals surface area contributed by atoms with Crippen LogP contribution in [0.1, 0.15) is 21.5 Å². The van der Waals surface area contributed by atoms with Gasteiger partial charge in [-0.05, 0) is 41.8 Å². The van der Waals surface area contributed by atoms with Crippen molar-refractivity contribution in [2.24, 2.45) is 0 Å². The van der Waals surface area contributed by atoms with E-state index in [1.165, 1.54) is 0 Å². The summed E-state index contributed by atoms with van der Waals surface area (Å²) in [5, 5.41) is 42.1. The van der Waals surface area contributed by atoms with Gasteiger partial charge in [0, 0.05) is 47.3 Å². The molecule has 0 bridgehead atoms. The van der Waals surface area contributed by atoms with Gasteiger partial charge >= 0.3 is 13.1 Å². The smallest absolute Gasteiger partial charge is 0.488 e. The number of rotatable bonds is 7. The van der Waals surface area contributed by atoms with Crippen molar-refractivity contribution in [2.45, 2.75) is 13.1 Å². The van der Waals surface area contributed by atoms with Crippen molar-refractivity contribution in [1.82, 2.24) is 9.48 Å². The number of carbonyl (C=O) groups is 1. The van der Waals surface area contributed by atoms with Crippen molar-refractivity contribution in [3.05, 3.63) is 101 Å². The minimum absolute atomic E-state index is 0.0409. The highest BCUT2D eigenvalue weighted by molar-refractivity contribution is 6.59. The maximum absolute atomic E-state index is 12.2. The van der Waals surface area contributed by atoms with Gasteiger partial charge in [-0.15, -0.1) is 0 Å². The first kappa shape index (κ1) is 27.1. The van der Waals surface area contributed by atoms with E-state index in [0.29, 0.717) is 52.0 Å². The standard InChI is InChI=1S/C31H29BN2O6/c1-33(2)21-12-13-24-28(15-21)40-29-16-27(35)20(18-34(3)17-19-8-4-7-11-26(19)32(38)39)14-25(29)30(24)22-9-5-6-10-23(22)31(36)37/h4-16,38-39H,17-18H2,1-3H3,(H,36,37)/p+1. The van der Waals surface area contributed by atoms with E-state index >= 15 is 0 Å². The molecule has 1 heterocycles. The molecule has 4 N–H and O–H groups in total. The fourth-order valence-electron chi connectivity index (χ4n) is 5.11. The number of nitrogens with zero attached hydrogens (tertiary/aromatic N) is 2. The van der Waals surface area contributed by atoms with Crippen molar-refractivity contribution in [2.75, 3.05) is 21.1 Å². The third-order valence-corrected chi connectivity index (χ3v) is 7.06. The van der Waals surface area contributed by atoms with E-state index in [-0.39, 0.29) is 11.3 Å². The van der Waals surface area contributed by atoms with Crippen LogP contribution in [0.3, 0.4) is 0 Å². The van der Waals surface area contributed by atoms with E-state index in [9.17, 15) is 25.1 Å². The highest BCUT2D eigenvalue weighted by Gasteiger charge is 2.23. The molecule has 0 aromatic heterocycles. The molecule has 0 atom stereocenters. The molecule has 1 aliphatic heterocycles. The summed E-state index contributed by atoms with van der Waals surface area (Å²) in [5.74, 6) is -0.428. The van der Waals surface area contributed by atoms with Crippen LogP contribution in [0.15, 0.2) is 83.3 Å². The number of benzene rings is 4. The van der Waals surface area contributed by atoms with Gasteiger partial charge in [0.25, 0.3) is 0 Å². The summed E-state index contributed by atoms with van der Waals surface area (Å²) >= 11 is 0. The molecule has 0 fully saturated rings. The minimum atomic E-state index is -1.58. The highest BCUT2D eigenvalue weighted by Crippen LogP contribution is 2.42. The number of phenols is 1. The summed E-state index contributed by atoms with van der Waals surface area (Å²) in [4.78, 5) is 14.2. The third-order valence-electron chi connectivity index (χ3n) is 7.06. The lowest BCUT2D eigenvalue weighted by Crippen LogP contribution is -2.34. The van der Waals surface area contributed by atoms with Gasteiger partial charge in [-0.2, -0.15) is 0 Å². The molecule has 9 heteroatoms. The van der Waals surface area contributed by atoms with Crippen molar-refractivity contribution in [3.63, 3.8) is 0 Å². The second-order valence-corrected chi connectivity index (χ2v) is 10.1. The highest BCUT2D eigenvalue weighted by atomic mass is 16.4. The van der Waals surface area contributed by atoms with Gasteiger partial charge in [-0.1, -0.05) is 42.5 Å². The quantitative estimate of drug-likeness (QED) is 0.143. The Bertz CT molecular complexity index is 1770. The van der Waals surface area contributed by atoms with Crippen molar-refractivity contribution in [3.8, 4) is 28.2 Å². The Labute approximate surface area is 231 Å². The number of fused-ring (bicyclic) bond motifs is 2. The van der Waals surface area contributed by atoms with Crippen molar-refractivity contribution in [1.29, 1.82) is 0 Å². The van der Waals surface area contributed by atoms with Crippen LogP contribution >= 0.6 is 0 Å². The molecule has 3 aromatic rings. The van der Waals surface area contributed by atoms with E-state index < -0.39 is 13.1 Å². The number of hydrogen-bond acceptors (Lipinski definition) is 6. The summed E-state index contributed by atoms with van der Waals surface area (Å²) in [5.41, 5.74) is 4.40. The molecule has 0 radical (unpaired) electrons. The molecule has 202 valence electrons. The SMILES string of the molecule is CN(Cc1cc2c(-c3ccccc3C(=O)O)c3ccc(=[N+](C)C)cc-3oc2cc1O)Cc1ccccc1B(O)O. The molecule has 8 nitrogen and oxygen atoms in total. The summed E-state index contributed by atoms with van der Waals surface area (Å²) in [6, 6.07) is 23.1. The molecule has 0 unspecified atom stereocenters. The summed E-state index contributed by atoms with van der Waals surface area (Å²) in [7, 11) is 4.14. The maximum Gasteiger partial charge on any atom is 0.488 e. The monoisotopic (exact) mass is 537 g/mol. The minimum Gasteiger partial charge on any atom is -0.507 e. The van der Waals surface area contributed by atoms with Crippen LogP contribution in [-0.4, -0.2) is 59.4 Å². The van der Waals surface area contributed by atoms with Crippen LogP contribution in [0.2, 0.25) is 0 Å². The molecular formula is C31H30BN2O6+. The summed E-state index contributed by atoms with van der Waals surface area (Å²) in [6.07, 6.45) is 0. The van der Waals surface area contributed by atoms with Crippen LogP contribution in [0.4, 0.5) is 0 Å². The fourth-order valence-corrected chi connectivity index (χ4v) is 5.11. The van der Waals surface area contributed by atoms with Gasteiger partial charge in [-0.3, -0.25) is 4.90 Å². The third kappa shape index (κ3) is 5.22. The average Bonchev–Trinajstić information content (AvgIpc) is 2.92. The van der Waals surface area contributed by atoms with Gasteiger partial charge in [0.15, 0.2) is 0 Å². The molecule has 5 rings (SSSR count). The Kier molecular flexibility index (Phi) is 7.45. The second-order valence-electron chi connectivity index (χ2n) is 10.1. The van der Waals surface area contributed by atoms with Gasteiger partial charge in [0.05, 0.1) is 11.6 Å². The Balaban J connectivity index is 1.69. The van der Waals surface area contributed by atoms with Crippen LogP contribution in [-0.2, 0) is 13.1 Å². The Morgan fingerprint density at radius 1 is 0.900 bits per heavy atom. The van der Waals surface area contributed by atoms with E-state index in [1.54, 1.807) is 42.5 Å². The first-order valence-corrected chi connectivity index (χ1v) is 12.8. The molecule has 0 saturated carbocycles. The maximum atomic E-state index is 12.2. The molecule has 1 aliphatic carbocycles. The van der Waals surface area contributed by atoms with Gasteiger partial charge in [0.2, 0.25) is 5.36 Å². The molecule has 0 amide bonds. The summed E-state index contributed by atoms with van der Waals surface area (Å²) in [6.45, 7) is 0.755. The first-order chi connectivity index (χ1) is 19.1. The van der Waals surface area contributed by atoms with Crippen LogP contribution in [0.5, 0.6) is 5.75 Å². The van der Waals surface area contributed by atoms with Gasteiger partial charge in [-0.25, -0.2) is 9.37 Å². The predicted molar refractivity (Wildman–Crippen MR) is 155 cm³/mol. The Hall–Kier alpha value is -4.44. The lowest BCUT2D eigenvalue weighted by atomic mass is 9.77. The molecule has 0 spiro atoms. The number of hydrogen-bond donors (Lipinski definition) is 4.